The number of likely N-dealkylation sites (tertiary alicyclic amines) is 1. The number of fused-ring (bicyclic) bond motifs is 1. The maximum absolute atomic E-state index is 13.4. The van der Waals surface area contributed by atoms with Gasteiger partial charge in [-0.05, 0) is 31.0 Å². The average Bonchev–Trinajstić information content (AvgIpc) is 3.43. The highest BCUT2D eigenvalue weighted by atomic mass is 19.3. The van der Waals surface area contributed by atoms with E-state index >= 15 is 0 Å². The third kappa shape index (κ3) is 3.21. The smallest absolute Gasteiger partial charge is 0.332 e. The van der Waals surface area contributed by atoms with Crippen molar-refractivity contribution >= 4 is 23.1 Å². The van der Waals surface area contributed by atoms with Crippen LogP contribution in [-0.4, -0.2) is 55.0 Å². The molecular formula is C20H20F2N6O2. The lowest BCUT2D eigenvalue weighted by molar-refractivity contribution is 0.0120. The molecule has 3 aromatic heterocycles. The summed E-state index contributed by atoms with van der Waals surface area (Å²) in [6, 6.07) is 7.29. The van der Waals surface area contributed by atoms with E-state index in [1.165, 1.54) is 20.2 Å². The molecule has 2 aliphatic rings. The first kappa shape index (κ1) is 18.7. The summed E-state index contributed by atoms with van der Waals surface area (Å²) in [5.74, 6) is -2.60. The van der Waals surface area contributed by atoms with Crippen molar-refractivity contribution in [2.45, 2.75) is 31.2 Å². The summed E-state index contributed by atoms with van der Waals surface area (Å²) in [6.45, 7) is -0.503. The number of pyridine rings is 2. The number of carbonyl (C=O) groups excluding carboxylic acids is 1. The van der Waals surface area contributed by atoms with E-state index in [0.29, 0.717) is 17.0 Å². The van der Waals surface area contributed by atoms with Crippen LogP contribution in [0.1, 0.15) is 29.6 Å². The normalized spacial score (nSPS) is 18.2. The molecule has 0 unspecified atom stereocenters. The molecule has 0 radical (unpaired) electrons. The zero-order valence-electron chi connectivity index (χ0n) is 16.3. The Balaban J connectivity index is 1.43. The fraction of sp³-hybridized carbons (Fsp3) is 0.400. The van der Waals surface area contributed by atoms with E-state index in [1.54, 1.807) is 25.4 Å². The molecule has 0 N–H and O–H groups in total. The van der Waals surface area contributed by atoms with E-state index < -0.39 is 18.4 Å². The molecule has 3 aromatic rings. The Morgan fingerprint density at radius 1 is 1.27 bits per heavy atom. The Bertz CT molecular complexity index is 1180. The molecule has 4 heterocycles. The van der Waals surface area contributed by atoms with Gasteiger partial charge in [-0.2, -0.15) is 5.10 Å². The van der Waals surface area contributed by atoms with Gasteiger partial charge >= 0.3 is 5.69 Å². The van der Waals surface area contributed by atoms with Gasteiger partial charge in [-0.1, -0.05) is 0 Å². The van der Waals surface area contributed by atoms with E-state index in [1.807, 2.05) is 12.1 Å². The van der Waals surface area contributed by atoms with E-state index in [0.717, 1.165) is 18.5 Å². The van der Waals surface area contributed by atoms with Crippen molar-refractivity contribution in [1.29, 1.82) is 0 Å². The summed E-state index contributed by atoms with van der Waals surface area (Å²) in [5.41, 5.74) is 1.45. The molecule has 0 atom stereocenters. The Kier molecular flexibility index (Phi) is 4.12. The monoisotopic (exact) mass is 414 g/mol. The second-order valence-corrected chi connectivity index (χ2v) is 7.86. The van der Waals surface area contributed by atoms with Crippen LogP contribution in [0.2, 0.25) is 0 Å². The number of aromatic nitrogens is 4. The first-order valence-electron chi connectivity index (χ1n) is 9.80. The number of amides is 1. The van der Waals surface area contributed by atoms with Crippen molar-refractivity contribution in [2.75, 3.05) is 18.0 Å². The van der Waals surface area contributed by atoms with Gasteiger partial charge in [-0.15, -0.1) is 0 Å². The van der Waals surface area contributed by atoms with Crippen LogP contribution in [-0.2, 0) is 7.05 Å². The van der Waals surface area contributed by atoms with Crippen LogP contribution in [0.5, 0.6) is 0 Å². The van der Waals surface area contributed by atoms with Crippen molar-refractivity contribution < 1.29 is 13.6 Å². The molecular weight excluding hydrogens is 394 g/mol. The van der Waals surface area contributed by atoms with E-state index in [-0.39, 0.29) is 24.7 Å². The summed E-state index contributed by atoms with van der Waals surface area (Å²) in [5, 5.41) is 4.23. The highest BCUT2D eigenvalue weighted by Crippen LogP contribution is 2.37. The minimum Gasteiger partial charge on any atom is -0.332 e. The summed E-state index contributed by atoms with van der Waals surface area (Å²) in [6.07, 6.45) is 4.82. The Hall–Kier alpha value is -3.30. The van der Waals surface area contributed by atoms with E-state index in [2.05, 4.69) is 15.0 Å². The third-order valence-corrected chi connectivity index (χ3v) is 5.54. The minimum atomic E-state index is -2.82. The van der Waals surface area contributed by atoms with Gasteiger partial charge in [0.05, 0.1) is 12.1 Å². The molecule has 10 heteroatoms. The second kappa shape index (κ2) is 6.61. The quantitative estimate of drug-likeness (QED) is 0.654. The maximum Gasteiger partial charge on any atom is 0.350 e. The predicted molar refractivity (Wildman–Crippen MR) is 105 cm³/mol. The highest BCUT2D eigenvalue weighted by Gasteiger charge is 2.40. The Labute approximate surface area is 170 Å². The van der Waals surface area contributed by atoms with Gasteiger partial charge in [-0.3, -0.25) is 9.20 Å². The standard InChI is InChI=1S/C20H20F2N6O2/c1-25-19(30)27-8-6-15(10-17(27)24-25)28(14-3-4-14)16-5-2-13(11-23-16)18(29)26-9-7-20(21,22)12-26/h2,5-6,8,10-11,14H,3-4,7,9,12H2,1H3. The van der Waals surface area contributed by atoms with Gasteiger partial charge in [0.25, 0.3) is 11.8 Å². The summed E-state index contributed by atoms with van der Waals surface area (Å²) in [7, 11) is 1.60. The number of alkyl halides is 2. The van der Waals surface area contributed by atoms with Crippen LogP contribution in [0, 0.1) is 0 Å². The van der Waals surface area contributed by atoms with Gasteiger partial charge in [0.1, 0.15) is 5.82 Å². The number of aryl methyl sites for hydroxylation is 1. The first-order valence-corrected chi connectivity index (χ1v) is 9.80. The fourth-order valence-corrected chi connectivity index (χ4v) is 3.83. The molecule has 1 aliphatic carbocycles. The number of hydrogen-bond donors (Lipinski definition) is 0. The van der Waals surface area contributed by atoms with Crippen molar-refractivity contribution in [3.63, 3.8) is 0 Å². The van der Waals surface area contributed by atoms with Crippen LogP contribution < -0.4 is 10.6 Å². The third-order valence-electron chi connectivity index (χ3n) is 5.54. The largest absolute Gasteiger partial charge is 0.350 e. The zero-order chi connectivity index (χ0) is 21.0. The number of rotatable bonds is 4. The van der Waals surface area contributed by atoms with E-state index in [4.69, 9.17) is 0 Å². The number of nitrogens with zero attached hydrogens (tertiary/aromatic N) is 6. The molecule has 30 heavy (non-hydrogen) atoms. The van der Waals surface area contributed by atoms with Crippen LogP contribution >= 0.6 is 0 Å². The van der Waals surface area contributed by atoms with Gasteiger partial charge in [0, 0.05) is 50.2 Å². The predicted octanol–water partition coefficient (Wildman–Crippen LogP) is 2.21. The lowest BCUT2D eigenvalue weighted by atomic mass is 10.2. The number of hydrogen-bond acceptors (Lipinski definition) is 5. The Morgan fingerprint density at radius 3 is 2.70 bits per heavy atom. The summed E-state index contributed by atoms with van der Waals surface area (Å²) < 4.78 is 29.6. The molecule has 8 nitrogen and oxygen atoms in total. The zero-order valence-corrected chi connectivity index (χ0v) is 16.3. The van der Waals surface area contributed by atoms with Gasteiger partial charge in [0.2, 0.25) is 0 Å². The number of halogens is 2. The van der Waals surface area contributed by atoms with E-state index in [9.17, 15) is 18.4 Å². The molecule has 0 spiro atoms. The van der Waals surface area contributed by atoms with Gasteiger partial charge < -0.3 is 9.80 Å². The molecule has 156 valence electrons. The molecule has 5 rings (SSSR count). The van der Waals surface area contributed by atoms with Crippen LogP contribution in [0.4, 0.5) is 20.3 Å². The van der Waals surface area contributed by atoms with Crippen molar-refractivity contribution in [3.8, 4) is 0 Å². The van der Waals surface area contributed by atoms with Gasteiger partial charge in [0.15, 0.2) is 5.65 Å². The molecule has 1 aliphatic heterocycles. The van der Waals surface area contributed by atoms with Crippen LogP contribution in [0.15, 0.2) is 41.5 Å². The topological polar surface area (TPSA) is 75.7 Å². The summed E-state index contributed by atoms with van der Waals surface area (Å²) >= 11 is 0. The van der Waals surface area contributed by atoms with Crippen molar-refractivity contribution in [2.24, 2.45) is 7.05 Å². The van der Waals surface area contributed by atoms with Gasteiger partial charge in [-0.25, -0.2) is 23.2 Å². The molecule has 0 bridgehead atoms. The average molecular weight is 414 g/mol. The van der Waals surface area contributed by atoms with Crippen molar-refractivity contribution in [1.82, 2.24) is 24.1 Å². The maximum atomic E-state index is 13.4. The fourth-order valence-electron chi connectivity index (χ4n) is 3.83. The lowest BCUT2D eigenvalue weighted by Gasteiger charge is -2.24. The molecule has 0 aromatic carbocycles. The van der Waals surface area contributed by atoms with Crippen LogP contribution in [0.3, 0.4) is 0 Å². The molecule has 1 saturated heterocycles. The van der Waals surface area contributed by atoms with Crippen LogP contribution in [0.25, 0.3) is 5.65 Å². The highest BCUT2D eigenvalue weighted by molar-refractivity contribution is 5.94. The SMILES string of the molecule is Cn1nc2cc(N(c3ccc(C(=O)N4CCC(F)(F)C4)cn3)C3CC3)ccn2c1=O. The number of anilines is 2. The summed E-state index contributed by atoms with van der Waals surface area (Å²) in [4.78, 5) is 32.2. The Morgan fingerprint density at radius 2 is 2.07 bits per heavy atom. The second-order valence-electron chi connectivity index (χ2n) is 7.86. The molecule has 2 fully saturated rings. The van der Waals surface area contributed by atoms with Crippen molar-refractivity contribution in [3.05, 3.63) is 52.7 Å². The number of carbonyl (C=O) groups is 1. The first-order chi connectivity index (χ1) is 14.3. The minimum absolute atomic E-state index is 0.0469. The molecule has 1 amide bonds. The molecule has 1 saturated carbocycles. The lowest BCUT2D eigenvalue weighted by Crippen LogP contribution is -2.31.